The molecule has 2 heterocycles. The summed E-state index contributed by atoms with van der Waals surface area (Å²) in [4.78, 5) is 16.9. The van der Waals surface area contributed by atoms with Gasteiger partial charge in [0.05, 0.1) is 13.8 Å². The van der Waals surface area contributed by atoms with Crippen LogP contribution in [0, 0.1) is 30.2 Å². The molecule has 0 aliphatic heterocycles. The monoisotopic (exact) mass is 913 g/mol. The van der Waals surface area contributed by atoms with Crippen molar-refractivity contribution in [2.45, 2.75) is 127 Å². The van der Waals surface area contributed by atoms with E-state index in [1.165, 1.54) is 58.9 Å². The van der Waals surface area contributed by atoms with Crippen LogP contribution in [0.3, 0.4) is 0 Å². The minimum Gasteiger partial charge on any atom is -0.512 e. The van der Waals surface area contributed by atoms with E-state index in [1.54, 1.807) is 0 Å². The van der Waals surface area contributed by atoms with Crippen LogP contribution in [-0.4, -0.2) is 23.9 Å². The molecule has 0 saturated carbocycles. The molecule has 0 fully saturated rings. The average Bonchev–Trinajstić information content (AvgIpc) is 3.45. The van der Waals surface area contributed by atoms with Crippen molar-refractivity contribution in [3.8, 4) is 11.3 Å². The Balaban J connectivity index is 0.000000389. The summed E-state index contributed by atoms with van der Waals surface area (Å²) >= 11 is 1.94. The van der Waals surface area contributed by atoms with Gasteiger partial charge in [0.1, 0.15) is 0 Å². The Morgan fingerprint density at radius 1 is 0.923 bits per heavy atom. The Kier molecular flexibility index (Phi) is 15.3. The van der Waals surface area contributed by atoms with Gasteiger partial charge in [-0.1, -0.05) is 123 Å². The molecule has 1 radical (unpaired) electrons. The fraction of sp³-hybridized carbons (Fsp3) is 0.478. The Morgan fingerprint density at radius 3 is 2.10 bits per heavy atom. The van der Waals surface area contributed by atoms with Crippen molar-refractivity contribution in [1.82, 2.24) is 4.98 Å². The summed E-state index contributed by atoms with van der Waals surface area (Å²) in [7, 11) is -1.61. The smallest absolute Gasteiger partial charge is 0.162 e. The summed E-state index contributed by atoms with van der Waals surface area (Å²) in [5.74, 6) is 0.982. The third-order valence-corrected chi connectivity index (χ3v) is 13.6. The largest absolute Gasteiger partial charge is 0.512 e. The maximum atomic E-state index is 11.7. The van der Waals surface area contributed by atoms with Crippen LogP contribution in [-0.2, 0) is 31.3 Å². The van der Waals surface area contributed by atoms with E-state index in [0.29, 0.717) is 5.92 Å². The van der Waals surface area contributed by atoms with Gasteiger partial charge in [0.25, 0.3) is 0 Å². The summed E-state index contributed by atoms with van der Waals surface area (Å²) in [5.41, 5.74) is 6.72. The molecule has 5 rings (SSSR count). The number of aromatic nitrogens is 1. The molecule has 5 aromatic rings. The van der Waals surface area contributed by atoms with E-state index in [-0.39, 0.29) is 48.9 Å². The van der Waals surface area contributed by atoms with E-state index in [9.17, 15) is 9.90 Å². The van der Waals surface area contributed by atoms with Crippen molar-refractivity contribution in [3.05, 3.63) is 83.3 Å². The maximum absolute atomic E-state index is 11.7. The third-order valence-electron chi connectivity index (χ3n) is 10.3. The first kappa shape index (κ1) is 43.8. The van der Waals surface area contributed by atoms with E-state index in [4.69, 9.17) is 4.98 Å². The number of allylic oxidation sites excluding steroid dienone is 2. The molecule has 0 spiro atoms. The van der Waals surface area contributed by atoms with Gasteiger partial charge >= 0.3 is 0 Å². The van der Waals surface area contributed by atoms with Crippen molar-refractivity contribution in [3.63, 3.8) is 0 Å². The van der Waals surface area contributed by atoms with Crippen LogP contribution in [0.1, 0.15) is 111 Å². The van der Waals surface area contributed by atoms with Crippen molar-refractivity contribution in [1.29, 1.82) is 0 Å². The number of thiophene rings is 1. The molecule has 1 N–H and O–H groups in total. The molecule has 6 heteroatoms. The summed E-state index contributed by atoms with van der Waals surface area (Å²) in [6.07, 6.45) is 8.18. The van der Waals surface area contributed by atoms with Gasteiger partial charge in [0.15, 0.2) is 5.78 Å². The van der Waals surface area contributed by atoms with E-state index in [2.05, 4.69) is 116 Å². The summed E-state index contributed by atoms with van der Waals surface area (Å²) in [5, 5.41) is 16.5. The number of carbonyl (C=O) groups is 1. The molecule has 0 bridgehead atoms. The normalized spacial score (nSPS) is 12.6. The van der Waals surface area contributed by atoms with E-state index in [0.717, 1.165) is 43.4 Å². The van der Waals surface area contributed by atoms with Gasteiger partial charge in [-0.05, 0) is 77.4 Å². The first-order valence-corrected chi connectivity index (χ1v) is 23.5. The molecule has 283 valence electrons. The van der Waals surface area contributed by atoms with Gasteiger partial charge in [0.2, 0.25) is 0 Å². The summed E-state index contributed by atoms with van der Waals surface area (Å²) in [6.45, 7) is 29.2. The number of ketones is 1. The Hall–Kier alpha value is -2.63. The number of hydrogen-bond donors (Lipinski definition) is 1. The number of fused-ring (bicyclic) bond motifs is 4. The van der Waals surface area contributed by atoms with Crippen LogP contribution in [0.5, 0.6) is 0 Å². The topological polar surface area (TPSA) is 50.2 Å². The molecule has 3 nitrogen and oxygen atoms in total. The standard InChI is InChI=1S/C33H38NSSi.C13H24O2.Ir/c1-20(2)27-17-24(16-22-12-10-11-13-25(22)27)30-32-29(28(19-34-30)36(7,8)9)26-15-14-23(18-33(4,5)6)21(3)31(26)35-32;1-5-10(6-2)12(14)9-13(15)11(7-3)8-4;/h10-15,17,19-20H,18H2,1-9H3;9-11,14H,5-8H2,1-4H3;/q-1;;/b;12-9-;. The van der Waals surface area contributed by atoms with Crippen molar-refractivity contribution in [2.24, 2.45) is 17.3 Å². The fourth-order valence-electron chi connectivity index (χ4n) is 7.19. The van der Waals surface area contributed by atoms with Crippen LogP contribution in [0.15, 0.2) is 60.5 Å². The first-order chi connectivity index (χ1) is 23.9. The summed E-state index contributed by atoms with van der Waals surface area (Å²) < 4.78 is 2.74. The third kappa shape index (κ3) is 9.91. The number of hydrogen-bond acceptors (Lipinski definition) is 4. The second kappa shape index (κ2) is 18.1. The van der Waals surface area contributed by atoms with Crippen LogP contribution in [0.4, 0.5) is 0 Å². The van der Waals surface area contributed by atoms with E-state index >= 15 is 0 Å². The van der Waals surface area contributed by atoms with Gasteiger partial charge < -0.3 is 5.11 Å². The Labute approximate surface area is 333 Å². The number of nitrogens with zero attached hydrogens (tertiary/aromatic N) is 1. The van der Waals surface area contributed by atoms with Crippen LogP contribution < -0.4 is 5.19 Å². The molecule has 0 atom stereocenters. The quantitative estimate of drug-likeness (QED) is 0.0622. The molecule has 0 amide bonds. The SMILES string of the molecule is CCC(CC)C(=O)/C=C(\O)C(CC)CC.Cc1c(CC(C)(C)C)ccc2c1sc1c(-c3[c-]c4ccccc4c(C(C)C)c3)ncc([Si](C)(C)C)c12.[Ir]. The van der Waals surface area contributed by atoms with E-state index < -0.39 is 8.07 Å². The van der Waals surface area contributed by atoms with Gasteiger partial charge in [0, 0.05) is 59.3 Å². The first-order valence-electron chi connectivity index (χ1n) is 19.2. The predicted molar refractivity (Wildman–Crippen MR) is 228 cm³/mol. The number of benzene rings is 3. The zero-order valence-corrected chi connectivity index (χ0v) is 38.2. The van der Waals surface area contributed by atoms with Gasteiger partial charge in [-0.2, -0.15) is 0 Å². The molecular formula is C46H62IrNO2SSi-. The predicted octanol–water partition coefficient (Wildman–Crippen LogP) is 13.5. The van der Waals surface area contributed by atoms with E-state index in [1.807, 2.05) is 39.0 Å². The molecule has 3 aromatic carbocycles. The minimum atomic E-state index is -1.61. The van der Waals surface area contributed by atoms with Gasteiger partial charge in [-0.3, -0.25) is 9.78 Å². The molecule has 52 heavy (non-hydrogen) atoms. The number of rotatable bonds is 11. The van der Waals surface area contributed by atoms with Crippen LogP contribution >= 0.6 is 11.3 Å². The zero-order valence-electron chi connectivity index (χ0n) is 34.0. The molecule has 0 unspecified atom stereocenters. The number of carbonyl (C=O) groups excluding carboxylic acids is 1. The number of aryl methyl sites for hydroxylation is 1. The Bertz CT molecular complexity index is 2020. The molecule has 0 aliphatic carbocycles. The number of pyridine rings is 1. The molecule has 2 aromatic heterocycles. The van der Waals surface area contributed by atoms with Gasteiger partial charge in [-0.25, -0.2) is 0 Å². The maximum Gasteiger partial charge on any atom is 0.162 e. The molecule has 0 aliphatic rings. The second-order valence-corrected chi connectivity index (χ2v) is 22.9. The average molecular weight is 913 g/mol. The zero-order chi connectivity index (χ0) is 37.8. The van der Waals surface area contributed by atoms with Crippen molar-refractivity contribution < 1.29 is 30.0 Å². The van der Waals surface area contributed by atoms with Gasteiger partial charge in [-0.15, -0.1) is 40.5 Å². The number of aliphatic hydroxyl groups is 1. The molecular weight excluding hydrogens is 851 g/mol. The fourth-order valence-corrected chi connectivity index (χ4v) is 10.1. The van der Waals surface area contributed by atoms with Crippen molar-refractivity contribution in [2.75, 3.05) is 0 Å². The Morgan fingerprint density at radius 2 is 1.54 bits per heavy atom. The van der Waals surface area contributed by atoms with Crippen LogP contribution in [0.2, 0.25) is 19.6 Å². The molecule has 0 saturated heterocycles. The van der Waals surface area contributed by atoms with Crippen LogP contribution in [0.25, 0.3) is 42.2 Å². The van der Waals surface area contributed by atoms with Crippen molar-refractivity contribution >= 4 is 61.3 Å². The second-order valence-electron chi connectivity index (χ2n) is 16.9. The minimum absolute atomic E-state index is 0. The number of aliphatic hydroxyl groups excluding tert-OH is 1. The summed E-state index contributed by atoms with van der Waals surface area (Å²) in [6, 6.07) is 19.5.